The Balaban J connectivity index is 1.40. The molecule has 6 heteroatoms. The van der Waals surface area contributed by atoms with Gasteiger partial charge in [-0.25, -0.2) is 9.97 Å². The van der Waals surface area contributed by atoms with E-state index in [1.165, 1.54) is 41.1 Å². The first-order chi connectivity index (χ1) is 17.6. The highest BCUT2D eigenvalue weighted by Gasteiger charge is 2.38. The van der Waals surface area contributed by atoms with Gasteiger partial charge in [-0.15, -0.1) is 11.3 Å². The lowest BCUT2D eigenvalue weighted by Crippen LogP contribution is -2.29. The second kappa shape index (κ2) is 8.55. The third-order valence-electron chi connectivity index (χ3n) is 7.77. The Bertz CT molecular complexity index is 1560. The summed E-state index contributed by atoms with van der Waals surface area (Å²) in [5.74, 6) is 1.74. The SMILES string of the molecule is OC(c1ccc(Cl)cc1)(c1ccc2nc(C3CC3)n(C3CCc4ccccc4C3)c2c1)c1nccs1. The zero-order chi connectivity index (χ0) is 24.3. The maximum atomic E-state index is 12.3. The van der Waals surface area contributed by atoms with Gasteiger partial charge in [0.15, 0.2) is 5.60 Å². The van der Waals surface area contributed by atoms with Crippen molar-refractivity contribution in [3.63, 3.8) is 0 Å². The predicted molar refractivity (Wildman–Crippen MR) is 145 cm³/mol. The van der Waals surface area contributed by atoms with Gasteiger partial charge in [-0.05, 0) is 78.6 Å². The van der Waals surface area contributed by atoms with Crippen LogP contribution in [0.15, 0.2) is 78.3 Å². The van der Waals surface area contributed by atoms with E-state index in [9.17, 15) is 5.11 Å². The molecule has 2 aliphatic rings. The summed E-state index contributed by atoms with van der Waals surface area (Å²) >= 11 is 7.64. The van der Waals surface area contributed by atoms with Gasteiger partial charge >= 0.3 is 0 Å². The molecule has 1 N–H and O–H groups in total. The first-order valence-corrected chi connectivity index (χ1v) is 13.8. The highest BCUT2D eigenvalue weighted by Crippen LogP contribution is 2.45. The summed E-state index contributed by atoms with van der Waals surface area (Å²) in [6.45, 7) is 0. The second-order valence-corrected chi connectivity index (χ2v) is 11.4. The molecule has 5 aromatic rings. The van der Waals surface area contributed by atoms with Crippen LogP contribution in [0, 0.1) is 0 Å². The van der Waals surface area contributed by atoms with Crippen LogP contribution in [-0.4, -0.2) is 19.6 Å². The molecule has 0 bridgehead atoms. The minimum absolute atomic E-state index is 0.360. The van der Waals surface area contributed by atoms with E-state index in [0.29, 0.717) is 22.0 Å². The number of benzene rings is 3. The van der Waals surface area contributed by atoms with E-state index in [-0.39, 0.29) is 0 Å². The fraction of sp³-hybridized carbons (Fsp3) is 0.267. The van der Waals surface area contributed by atoms with Crippen LogP contribution in [0.2, 0.25) is 5.02 Å². The van der Waals surface area contributed by atoms with Gasteiger partial charge in [-0.3, -0.25) is 0 Å². The number of fused-ring (bicyclic) bond motifs is 2. The fourth-order valence-corrected chi connectivity index (χ4v) is 6.66. The maximum absolute atomic E-state index is 12.3. The molecule has 2 heterocycles. The molecular formula is C30H26ClN3OS. The molecule has 3 aromatic carbocycles. The molecular weight excluding hydrogens is 486 g/mol. The highest BCUT2D eigenvalue weighted by molar-refractivity contribution is 7.09. The monoisotopic (exact) mass is 511 g/mol. The minimum Gasteiger partial charge on any atom is -0.374 e. The third kappa shape index (κ3) is 3.61. The van der Waals surface area contributed by atoms with Crippen molar-refractivity contribution in [2.45, 2.75) is 49.7 Å². The molecule has 0 spiro atoms. The molecule has 1 fully saturated rings. The topological polar surface area (TPSA) is 50.9 Å². The van der Waals surface area contributed by atoms with E-state index in [0.717, 1.165) is 41.4 Å². The zero-order valence-electron chi connectivity index (χ0n) is 19.8. The van der Waals surface area contributed by atoms with Crippen LogP contribution in [0.4, 0.5) is 0 Å². The molecule has 2 unspecified atom stereocenters. The Morgan fingerprint density at radius 2 is 1.72 bits per heavy atom. The molecule has 2 aliphatic carbocycles. The van der Waals surface area contributed by atoms with Crippen LogP contribution in [0.5, 0.6) is 0 Å². The van der Waals surface area contributed by atoms with Crippen LogP contribution >= 0.6 is 22.9 Å². The number of hydrogen-bond acceptors (Lipinski definition) is 4. The van der Waals surface area contributed by atoms with Gasteiger partial charge < -0.3 is 9.67 Å². The molecule has 0 radical (unpaired) electrons. The van der Waals surface area contributed by atoms with Gasteiger partial charge in [0.1, 0.15) is 10.8 Å². The summed E-state index contributed by atoms with van der Waals surface area (Å²) in [7, 11) is 0. The summed E-state index contributed by atoms with van der Waals surface area (Å²) in [5.41, 5.74) is 5.18. The Morgan fingerprint density at radius 3 is 2.47 bits per heavy atom. The smallest absolute Gasteiger partial charge is 0.166 e. The summed E-state index contributed by atoms with van der Waals surface area (Å²) < 4.78 is 2.50. The number of aryl methyl sites for hydroxylation is 1. The molecule has 180 valence electrons. The van der Waals surface area contributed by atoms with Crippen LogP contribution in [0.1, 0.15) is 64.3 Å². The number of thiazole rings is 1. The molecule has 0 saturated heterocycles. The van der Waals surface area contributed by atoms with E-state index in [1.807, 2.05) is 35.7 Å². The summed E-state index contributed by atoms with van der Waals surface area (Å²) in [4.78, 5) is 9.66. The van der Waals surface area contributed by atoms with Crippen molar-refractivity contribution in [1.29, 1.82) is 0 Å². The fourth-order valence-electron chi connectivity index (χ4n) is 5.76. The first-order valence-electron chi connectivity index (χ1n) is 12.6. The van der Waals surface area contributed by atoms with Crippen LogP contribution in [-0.2, 0) is 18.4 Å². The van der Waals surface area contributed by atoms with E-state index in [4.69, 9.17) is 16.6 Å². The molecule has 36 heavy (non-hydrogen) atoms. The number of imidazole rings is 1. The molecule has 2 atom stereocenters. The van der Waals surface area contributed by atoms with E-state index in [2.05, 4.69) is 45.9 Å². The molecule has 1 saturated carbocycles. The number of hydrogen-bond donors (Lipinski definition) is 1. The van der Waals surface area contributed by atoms with E-state index >= 15 is 0 Å². The van der Waals surface area contributed by atoms with Crippen molar-refractivity contribution in [3.8, 4) is 0 Å². The zero-order valence-corrected chi connectivity index (χ0v) is 21.3. The first kappa shape index (κ1) is 22.2. The van der Waals surface area contributed by atoms with Crippen molar-refractivity contribution in [2.75, 3.05) is 0 Å². The Hall–Kier alpha value is -2.99. The van der Waals surface area contributed by atoms with Crippen molar-refractivity contribution in [3.05, 3.63) is 116 Å². The highest BCUT2D eigenvalue weighted by atomic mass is 35.5. The van der Waals surface area contributed by atoms with Crippen molar-refractivity contribution < 1.29 is 5.11 Å². The normalized spacial score (nSPS) is 19.2. The lowest BCUT2D eigenvalue weighted by Gasteiger charge is -2.29. The van der Waals surface area contributed by atoms with Gasteiger partial charge in [-0.2, -0.15) is 0 Å². The van der Waals surface area contributed by atoms with Crippen molar-refractivity contribution >= 4 is 34.0 Å². The Kier molecular flexibility index (Phi) is 5.28. The minimum atomic E-state index is -1.37. The lowest BCUT2D eigenvalue weighted by atomic mass is 9.86. The largest absolute Gasteiger partial charge is 0.374 e. The van der Waals surface area contributed by atoms with Gasteiger partial charge in [0.25, 0.3) is 0 Å². The van der Waals surface area contributed by atoms with Crippen molar-refractivity contribution in [2.24, 2.45) is 0 Å². The van der Waals surface area contributed by atoms with Gasteiger partial charge in [0.05, 0.1) is 11.0 Å². The average Bonchev–Trinajstić information content (AvgIpc) is 3.46. The number of rotatable bonds is 5. The summed E-state index contributed by atoms with van der Waals surface area (Å²) in [5, 5.41) is 15.5. The molecule has 4 nitrogen and oxygen atoms in total. The van der Waals surface area contributed by atoms with E-state index in [1.54, 1.807) is 6.20 Å². The second-order valence-electron chi connectivity index (χ2n) is 10.0. The number of halogens is 1. The molecule has 2 aromatic heterocycles. The lowest BCUT2D eigenvalue weighted by molar-refractivity contribution is 0.125. The number of nitrogens with zero attached hydrogens (tertiary/aromatic N) is 3. The standard InChI is InChI=1S/C30H26ClN3OS/c31-24-11-8-22(9-12-24)30(35,29-32-15-16-36-29)23-10-14-26-27(18-23)34(28(33-26)20-5-6-20)25-13-7-19-3-1-2-4-21(19)17-25/h1-4,8-12,14-16,18,20,25,35H,5-7,13,17H2. The third-order valence-corrected chi connectivity index (χ3v) is 8.90. The van der Waals surface area contributed by atoms with Gasteiger partial charge in [-0.1, -0.05) is 54.1 Å². The van der Waals surface area contributed by atoms with Crippen molar-refractivity contribution in [1.82, 2.24) is 14.5 Å². The van der Waals surface area contributed by atoms with Gasteiger partial charge in [0.2, 0.25) is 0 Å². The average molecular weight is 512 g/mol. The van der Waals surface area contributed by atoms with Crippen LogP contribution in [0.25, 0.3) is 11.0 Å². The summed E-state index contributed by atoms with van der Waals surface area (Å²) in [6.07, 6.45) is 7.34. The number of aromatic nitrogens is 3. The van der Waals surface area contributed by atoms with Crippen LogP contribution in [0.3, 0.4) is 0 Å². The molecule has 0 amide bonds. The number of aliphatic hydroxyl groups is 1. The predicted octanol–water partition coefficient (Wildman–Crippen LogP) is 7.04. The molecule has 7 rings (SSSR count). The Labute approximate surface area is 219 Å². The van der Waals surface area contributed by atoms with Crippen LogP contribution < -0.4 is 0 Å². The van der Waals surface area contributed by atoms with Gasteiger partial charge in [0, 0.05) is 28.6 Å². The molecule has 0 aliphatic heterocycles. The quantitative estimate of drug-likeness (QED) is 0.275. The maximum Gasteiger partial charge on any atom is 0.166 e. The van der Waals surface area contributed by atoms with E-state index < -0.39 is 5.60 Å². The Morgan fingerprint density at radius 1 is 0.944 bits per heavy atom. The summed E-state index contributed by atoms with van der Waals surface area (Å²) in [6, 6.07) is 22.8.